The molecule has 1 aromatic rings. The minimum absolute atomic E-state index is 0.154. The fourth-order valence-corrected chi connectivity index (χ4v) is 1.01. The fraction of sp³-hybridized carbons (Fsp3) is 0.333. The Morgan fingerprint density at radius 1 is 1.12 bits per heavy atom. The first-order chi connectivity index (χ1) is 7.87. The van der Waals surface area contributed by atoms with Gasteiger partial charge in [0.15, 0.2) is 6.10 Å². The summed E-state index contributed by atoms with van der Waals surface area (Å²) in [5, 5.41) is 9.51. The van der Waals surface area contributed by atoms with Gasteiger partial charge < -0.3 is 5.11 Å². The number of halogens is 1. The predicted molar refractivity (Wildman–Crippen MR) is 66.5 cm³/mol. The largest absolute Gasteiger partial charge is 0.369 e. The van der Waals surface area contributed by atoms with Gasteiger partial charge in [0.05, 0.1) is 0 Å². The molecule has 1 aromatic carbocycles. The molecular formula is C15H15FO. The molecule has 1 unspecified atom stereocenters. The first kappa shape index (κ1) is 13.3. The highest BCUT2D eigenvalue weighted by atomic mass is 19.1. The highest BCUT2D eigenvalue weighted by molar-refractivity contribution is 5.36. The molecule has 2 heteroatoms. The van der Waals surface area contributed by atoms with Gasteiger partial charge in [0.1, 0.15) is 5.82 Å². The van der Waals surface area contributed by atoms with Crippen LogP contribution in [0.1, 0.15) is 26.3 Å². The van der Waals surface area contributed by atoms with Gasteiger partial charge >= 0.3 is 0 Å². The van der Waals surface area contributed by atoms with Crippen molar-refractivity contribution in [3.8, 4) is 23.7 Å². The molecule has 17 heavy (non-hydrogen) atoms. The quantitative estimate of drug-likeness (QED) is 0.679. The van der Waals surface area contributed by atoms with E-state index in [1.54, 1.807) is 12.1 Å². The zero-order chi connectivity index (χ0) is 12.9. The Kier molecular flexibility index (Phi) is 4.32. The Morgan fingerprint density at radius 2 is 1.71 bits per heavy atom. The molecule has 0 amide bonds. The normalized spacial score (nSPS) is 11.8. The SMILES string of the molecule is CC(C)(C)C#CC(O)C#Cc1ccc(F)cc1. The van der Waals surface area contributed by atoms with Crippen LogP contribution in [0, 0.1) is 34.9 Å². The van der Waals surface area contributed by atoms with Crippen LogP contribution in [0.4, 0.5) is 4.39 Å². The van der Waals surface area contributed by atoms with E-state index in [0.29, 0.717) is 5.56 Å². The minimum Gasteiger partial charge on any atom is -0.369 e. The molecule has 0 bridgehead atoms. The maximum atomic E-state index is 12.6. The molecule has 1 N–H and O–H groups in total. The second-order valence-electron chi connectivity index (χ2n) is 4.70. The van der Waals surface area contributed by atoms with Gasteiger partial charge in [0, 0.05) is 11.0 Å². The molecule has 0 aliphatic carbocycles. The van der Waals surface area contributed by atoms with E-state index in [1.165, 1.54) is 12.1 Å². The number of hydrogen-bond acceptors (Lipinski definition) is 1. The zero-order valence-corrected chi connectivity index (χ0v) is 10.2. The summed E-state index contributed by atoms with van der Waals surface area (Å²) in [6.45, 7) is 5.88. The van der Waals surface area contributed by atoms with E-state index in [2.05, 4.69) is 23.7 Å². The topological polar surface area (TPSA) is 20.2 Å². The Labute approximate surface area is 102 Å². The van der Waals surface area contributed by atoms with E-state index < -0.39 is 6.10 Å². The first-order valence-corrected chi connectivity index (χ1v) is 5.35. The molecular weight excluding hydrogens is 215 g/mol. The molecule has 1 atom stereocenters. The summed E-state index contributed by atoms with van der Waals surface area (Å²) in [5.41, 5.74) is 0.501. The molecule has 1 rings (SSSR count). The van der Waals surface area contributed by atoms with E-state index in [9.17, 15) is 9.50 Å². The van der Waals surface area contributed by atoms with Crippen LogP contribution in [0.2, 0.25) is 0 Å². The second kappa shape index (κ2) is 5.53. The maximum absolute atomic E-state index is 12.6. The second-order valence-corrected chi connectivity index (χ2v) is 4.70. The molecule has 0 spiro atoms. The van der Waals surface area contributed by atoms with Gasteiger partial charge in [0.2, 0.25) is 0 Å². The van der Waals surface area contributed by atoms with Crippen LogP contribution in [0.15, 0.2) is 24.3 Å². The van der Waals surface area contributed by atoms with Gasteiger partial charge in [-0.1, -0.05) is 23.7 Å². The lowest BCUT2D eigenvalue weighted by Gasteiger charge is -2.06. The Balaban J connectivity index is 2.72. The maximum Gasteiger partial charge on any atom is 0.176 e. The summed E-state index contributed by atoms with van der Waals surface area (Å²) in [6.07, 6.45) is -0.973. The number of benzene rings is 1. The van der Waals surface area contributed by atoms with Crippen molar-refractivity contribution in [2.24, 2.45) is 5.41 Å². The van der Waals surface area contributed by atoms with Crippen LogP contribution in [0.3, 0.4) is 0 Å². The molecule has 0 heterocycles. The van der Waals surface area contributed by atoms with Crippen molar-refractivity contribution in [1.29, 1.82) is 0 Å². The van der Waals surface area contributed by atoms with Gasteiger partial charge in [-0.2, -0.15) is 0 Å². The summed E-state index contributed by atoms with van der Waals surface area (Å²) in [4.78, 5) is 0. The molecule has 0 fully saturated rings. The van der Waals surface area contributed by atoms with Gasteiger partial charge in [-0.25, -0.2) is 4.39 Å². The molecule has 0 aliphatic rings. The van der Waals surface area contributed by atoms with Crippen molar-refractivity contribution >= 4 is 0 Å². The molecule has 0 saturated heterocycles. The van der Waals surface area contributed by atoms with Crippen LogP contribution in [-0.2, 0) is 0 Å². The van der Waals surface area contributed by atoms with Crippen molar-refractivity contribution in [2.75, 3.05) is 0 Å². The minimum atomic E-state index is -0.973. The lowest BCUT2D eigenvalue weighted by molar-refractivity contribution is 0.289. The van der Waals surface area contributed by atoms with Crippen molar-refractivity contribution in [3.63, 3.8) is 0 Å². The van der Waals surface area contributed by atoms with Gasteiger partial charge in [-0.15, -0.1) is 0 Å². The third-order valence-corrected chi connectivity index (χ3v) is 1.78. The van der Waals surface area contributed by atoms with Crippen molar-refractivity contribution < 1.29 is 9.50 Å². The predicted octanol–water partition coefficient (Wildman–Crippen LogP) is 2.59. The van der Waals surface area contributed by atoms with E-state index in [1.807, 2.05) is 20.8 Å². The van der Waals surface area contributed by atoms with Crippen molar-refractivity contribution in [3.05, 3.63) is 35.6 Å². The number of rotatable bonds is 0. The van der Waals surface area contributed by atoms with Gasteiger partial charge in [-0.05, 0) is 45.0 Å². The lowest BCUT2D eigenvalue weighted by Crippen LogP contribution is -2.04. The third-order valence-electron chi connectivity index (χ3n) is 1.78. The summed E-state index contributed by atoms with van der Waals surface area (Å²) in [5.74, 6) is 10.6. The van der Waals surface area contributed by atoms with E-state index in [4.69, 9.17) is 0 Å². The summed E-state index contributed by atoms with van der Waals surface area (Å²) in [7, 11) is 0. The highest BCUT2D eigenvalue weighted by Crippen LogP contribution is 2.09. The average molecular weight is 230 g/mol. The smallest absolute Gasteiger partial charge is 0.176 e. The van der Waals surface area contributed by atoms with Crippen molar-refractivity contribution in [1.82, 2.24) is 0 Å². The molecule has 88 valence electrons. The number of aliphatic hydroxyl groups excluding tert-OH is 1. The average Bonchev–Trinajstić information content (AvgIpc) is 2.25. The number of hydrogen-bond donors (Lipinski definition) is 1. The summed E-state index contributed by atoms with van der Waals surface area (Å²) in [6, 6.07) is 5.78. The van der Waals surface area contributed by atoms with Crippen LogP contribution in [-0.4, -0.2) is 11.2 Å². The first-order valence-electron chi connectivity index (χ1n) is 5.35. The van der Waals surface area contributed by atoms with Crippen LogP contribution in [0.25, 0.3) is 0 Å². The number of aliphatic hydroxyl groups is 1. The molecule has 0 aliphatic heterocycles. The summed E-state index contributed by atoms with van der Waals surface area (Å²) >= 11 is 0. The Hall–Kier alpha value is -1.77. The molecule has 1 nitrogen and oxygen atoms in total. The monoisotopic (exact) mass is 230 g/mol. The standard InChI is InChI=1S/C15H15FO/c1-15(2,3)11-10-14(17)9-6-12-4-7-13(16)8-5-12/h4-5,7-8,14,17H,1-3H3. The van der Waals surface area contributed by atoms with Crippen LogP contribution < -0.4 is 0 Å². The third kappa shape index (κ3) is 5.76. The van der Waals surface area contributed by atoms with E-state index >= 15 is 0 Å². The van der Waals surface area contributed by atoms with Gasteiger partial charge in [-0.3, -0.25) is 0 Å². The van der Waals surface area contributed by atoms with E-state index in [0.717, 1.165) is 0 Å². The lowest BCUT2D eigenvalue weighted by atomic mass is 9.98. The van der Waals surface area contributed by atoms with Crippen molar-refractivity contribution in [2.45, 2.75) is 26.9 Å². The summed E-state index contributed by atoms with van der Waals surface area (Å²) < 4.78 is 12.6. The Morgan fingerprint density at radius 3 is 2.24 bits per heavy atom. The Bertz CT molecular complexity index is 486. The van der Waals surface area contributed by atoms with Gasteiger partial charge in [0.25, 0.3) is 0 Å². The zero-order valence-electron chi connectivity index (χ0n) is 10.2. The highest BCUT2D eigenvalue weighted by Gasteiger charge is 2.04. The molecule has 0 aromatic heterocycles. The molecule has 0 saturated carbocycles. The van der Waals surface area contributed by atoms with Crippen LogP contribution in [0.5, 0.6) is 0 Å². The van der Waals surface area contributed by atoms with Crippen LogP contribution >= 0.6 is 0 Å². The fourth-order valence-electron chi connectivity index (χ4n) is 1.01. The molecule has 0 radical (unpaired) electrons. The van der Waals surface area contributed by atoms with E-state index in [-0.39, 0.29) is 11.2 Å².